The highest BCUT2D eigenvalue weighted by atomic mass is 16.3. The van der Waals surface area contributed by atoms with Crippen LogP contribution in [0.3, 0.4) is 0 Å². The molecule has 5 heteroatoms. The standard InChI is InChI=1S/C28H37N3O2/c1-27(2,18-32)16-29-17-28(3,4)30(19-29)14-20-5-7-21(8-6-20)22-9-12-25-23(13-22)15-31(26(25)33)24-10-11-24/h5-9,12-13,24,32H,10-11,14-19H2,1-4H3. The van der Waals surface area contributed by atoms with Crippen molar-refractivity contribution < 1.29 is 9.90 Å². The Bertz CT molecular complexity index is 1040. The van der Waals surface area contributed by atoms with Crippen LogP contribution in [-0.4, -0.2) is 63.7 Å². The van der Waals surface area contributed by atoms with E-state index in [1.807, 2.05) is 11.0 Å². The van der Waals surface area contributed by atoms with E-state index in [1.165, 1.54) is 16.7 Å². The van der Waals surface area contributed by atoms with Crippen LogP contribution in [0, 0.1) is 5.41 Å². The van der Waals surface area contributed by atoms with Crippen LogP contribution >= 0.6 is 0 Å². The maximum atomic E-state index is 12.6. The molecule has 0 radical (unpaired) electrons. The number of nitrogens with zero attached hydrogens (tertiary/aromatic N) is 3. The third-order valence-corrected chi connectivity index (χ3v) is 7.50. The molecule has 3 aliphatic rings. The Morgan fingerprint density at radius 1 is 1.06 bits per heavy atom. The molecule has 2 aromatic carbocycles. The van der Waals surface area contributed by atoms with Gasteiger partial charge >= 0.3 is 0 Å². The Morgan fingerprint density at radius 3 is 2.42 bits per heavy atom. The second kappa shape index (κ2) is 8.23. The maximum absolute atomic E-state index is 12.6. The minimum absolute atomic E-state index is 0.0795. The number of amides is 1. The molecule has 1 saturated heterocycles. The van der Waals surface area contributed by atoms with Crippen LogP contribution < -0.4 is 0 Å². The minimum atomic E-state index is -0.0795. The average Bonchev–Trinajstić information content (AvgIpc) is 3.51. The van der Waals surface area contributed by atoms with Crippen molar-refractivity contribution in [3.63, 3.8) is 0 Å². The first kappa shape index (κ1) is 22.6. The SMILES string of the molecule is CC(C)(CO)CN1CN(Cc2ccc(-c3ccc4c(c3)CN(C3CC3)C4=O)cc2)C(C)(C)C1. The summed E-state index contributed by atoms with van der Waals surface area (Å²) in [6.45, 7) is 13.6. The molecule has 2 aliphatic heterocycles. The number of rotatable bonds is 7. The van der Waals surface area contributed by atoms with Crippen molar-refractivity contribution in [2.45, 2.75) is 65.2 Å². The normalized spacial score (nSPS) is 21.1. The number of carbonyl (C=O) groups excluding carboxylic acids is 1. The molecule has 1 saturated carbocycles. The molecule has 5 rings (SSSR count). The summed E-state index contributed by atoms with van der Waals surface area (Å²) in [5.41, 5.74) is 5.76. The Balaban J connectivity index is 1.26. The summed E-state index contributed by atoms with van der Waals surface area (Å²) >= 11 is 0. The van der Waals surface area contributed by atoms with E-state index in [0.29, 0.717) is 6.04 Å². The summed E-state index contributed by atoms with van der Waals surface area (Å²) in [4.78, 5) is 19.6. The van der Waals surface area contributed by atoms with Gasteiger partial charge in [0.15, 0.2) is 0 Å². The summed E-state index contributed by atoms with van der Waals surface area (Å²) in [5.74, 6) is 0.207. The zero-order chi connectivity index (χ0) is 23.4. The van der Waals surface area contributed by atoms with Gasteiger partial charge in [-0.1, -0.05) is 44.2 Å². The molecule has 0 aromatic heterocycles. The van der Waals surface area contributed by atoms with Crippen molar-refractivity contribution >= 4 is 5.91 Å². The van der Waals surface area contributed by atoms with Gasteiger partial charge in [0.2, 0.25) is 0 Å². The van der Waals surface area contributed by atoms with Crippen LogP contribution in [0.1, 0.15) is 62.0 Å². The van der Waals surface area contributed by atoms with Crippen LogP contribution in [0.15, 0.2) is 42.5 Å². The number of aliphatic hydroxyl groups excluding tert-OH is 1. The van der Waals surface area contributed by atoms with Gasteiger partial charge in [-0.3, -0.25) is 14.6 Å². The molecule has 1 N–H and O–H groups in total. The first-order valence-electron chi connectivity index (χ1n) is 12.3. The van der Waals surface area contributed by atoms with Gasteiger partial charge in [-0.15, -0.1) is 0 Å². The second-order valence-electron chi connectivity index (χ2n) is 11.7. The lowest BCUT2D eigenvalue weighted by Crippen LogP contribution is -2.39. The van der Waals surface area contributed by atoms with E-state index in [1.54, 1.807) is 0 Å². The molecule has 0 bridgehead atoms. The van der Waals surface area contributed by atoms with Gasteiger partial charge in [0.1, 0.15) is 0 Å². The Kier molecular flexibility index (Phi) is 5.63. The molecule has 33 heavy (non-hydrogen) atoms. The molecule has 1 aliphatic carbocycles. The fourth-order valence-electron chi connectivity index (χ4n) is 5.38. The van der Waals surface area contributed by atoms with E-state index in [0.717, 1.165) is 56.8 Å². The number of hydrogen-bond acceptors (Lipinski definition) is 4. The third-order valence-electron chi connectivity index (χ3n) is 7.50. The van der Waals surface area contributed by atoms with E-state index in [4.69, 9.17) is 0 Å². The van der Waals surface area contributed by atoms with Crippen molar-refractivity contribution in [3.8, 4) is 11.1 Å². The van der Waals surface area contributed by atoms with Crippen LogP contribution in [0.25, 0.3) is 11.1 Å². The van der Waals surface area contributed by atoms with E-state index < -0.39 is 0 Å². The number of benzene rings is 2. The molecule has 0 atom stereocenters. The highest BCUT2D eigenvalue weighted by Gasteiger charge is 2.39. The minimum Gasteiger partial charge on any atom is -0.396 e. The highest BCUT2D eigenvalue weighted by Crippen LogP contribution is 2.36. The first-order chi connectivity index (χ1) is 15.6. The monoisotopic (exact) mass is 447 g/mol. The lowest BCUT2D eigenvalue weighted by atomic mass is 9.94. The summed E-state index contributed by atoms with van der Waals surface area (Å²) in [6.07, 6.45) is 2.30. The van der Waals surface area contributed by atoms with E-state index in [-0.39, 0.29) is 23.5 Å². The van der Waals surface area contributed by atoms with Gasteiger partial charge in [-0.25, -0.2) is 0 Å². The summed E-state index contributed by atoms with van der Waals surface area (Å²) in [7, 11) is 0. The predicted octanol–water partition coefficient (Wildman–Crippen LogP) is 4.34. The molecular formula is C28H37N3O2. The maximum Gasteiger partial charge on any atom is 0.254 e. The summed E-state index contributed by atoms with van der Waals surface area (Å²) in [6, 6.07) is 15.7. The second-order valence-corrected chi connectivity index (χ2v) is 11.7. The molecular weight excluding hydrogens is 410 g/mol. The molecule has 2 fully saturated rings. The molecule has 0 unspecified atom stereocenters. The van der Waals surface area contributed by atoms with Gasteiger partial charge in [0, 0.05) is 55.3 Å². The quantitative estimate of drug-likeness (QED) is 0.686. The van der Waals surface area contributed by atoms with Gasteiger partial charge in [-0.2, -0.15) is 0 Å². The highest BCUT2D eigenvalue weighted by molar-refractivity contribution is 5.99. The molecule has 0 spiro atoms. The van der Waals surface area contributed by atoms with Crippen LogP contribution in [-0.2, 0) is 13.1 Å². The number of carbonyl (C=O) groups is 1. The van der Waals surface area contributed by atoms with Gasteiger partial charge in [0.05, 0.1) is 6.67 Å². The Morgan fingerprint density at radius 2 is 1.76 bits per heavy atom. The van der Waals surface area contributed by atoms with Gasteiger partial charge < -0.3 is 10.0 Å². The van der Waals surface area contributed by atoms with Crippen LogP contribution in [0.5, 0.6) is 0 Å². The van der Waals surface area contributed by atoms with E-state index in [2.05, 4.69) is 73.9 Å². The zero-order valence-corrected chi connectivity index (χ0v) is 20.5. The smallest absolute Gasteiger partial charge is 0.254 e. The summed E-state index contributed by atoms with van der Waals surface area (Å²) in [5, 5.41) is 9.65. The molecule has 176 valence electrons. The Hall–Kier alpha value is -2.21. The number of hydrogen-bond donors (Lipinski definition) is 1. The third kappa shape index (κ3) is 4.59. The van der Waals surface area contributed by atoms with Crippen LogP contribution in [0.4, 0.5) is 0 Å². The zero-order valence-electron chi connectivity index (χ0n) is 20.5. The lowest BCUT2D eigenvalue weighted by Gasteiger charge is -2.30. The van der Waals surface area contributed by atoms with Crippen molar-refractivity contribution in [1.82, 2.24) is 14.7 Å². The molecule has 1 amide bonds. The first-order valence-corrected chi connectivity index (χ1v) is 12.3. The van der Waals surface area contributed by atoms with Crippen LogP contribution in [0.2, 0.25) is 0 Å². The molecule has 2 aromatic rings. The lowest BCUT2D eigenvalue weighted by molar-refractivity contribution is 0.0766. The fraction of sp³-hybridized carbons (Fsp3) is 0.536. The van der Waals surface area contributed by atoms with E-state index in [9.17, 15) is 9.90 Å². The average molecular weight is 448 g/mol. The van der Waals surface area contributed by atoms with Gasteiger partial charge in [-0.05, 0) is 61.1 Å². The van der Waals surface area contributed by atoms with Crippen molar-refractivity contribution in [2.75, 3.05) is 26.4 Å². The largest absolute Gasteiger partial charge is 0.396 e. The Labute approximate surface area is 198 Å². The van der Waals surface area contributed by atoms with Crippen molar-refractivity contribution in [3.05, 3.63) is 59.2 Å². The molecule has 5 nitrogen and oxygen atoms in total. The number of aliphatic hydroxyl groups is 1. The fourth-order valence-corrected chi connectivity index (χ4v) is 5.38. The van der Waals surface area contributed by atoms with E-state index >= 15 is 0 Å². The van der Waals surface area contributed by atoms with Crippen molar-refractivity contribution in [2.24, 2.45) is 5.41 Å². The predicted molar refractivity (Wildman–Crippen MR) is 132 cm³/mol. The molecule has 2 heterocycles. The van der Waals surface area contributed by atoms with Gasteiger partial charge in [0.25, 0.3) is 5.91 Å². The summed E-state index contributed by atoms with van der Waals surface area (Å²) < 4.78 is 0. The topological polar surface area (TPSA) is 47.0 Å². The van der Waals surface area contributed by atoms with Crippen molar-refractivity contribution in [1.29, 1.82) is 0 Å². The number of fused-ring (bicyclic) bond motifs is 1.